The molecule has 0 unspecified atom stereocenters. The SMILES string of the molecule is CCOc1cnn(-c2nc(N)nc3c2C(=O)N([C@H]2CCCCC2(F)F)C3)c1. The number of nitrogens with two attached hydrogens (primary N) is 1. The smallest absolute Gasteiger partial charge is 0.268 e. The van der Waals surface area contributed by atoms with Gasteiger partial charge in [0.25, 0.3) is 11.8 Å². The van der Waals surface area contributed by atoms with E-state index in [0.29, 0.717) is 30.9 Å². The van der Waals surface area contributed by atoms with E-state index in [1.807, 2.05) is 6.92 Å². The maximum absolute atomic E-state index is 14.4. The number of carbonyl (C=O) groups is 1. The Morgan fingerprint density at radius 3 is 2.93 bits per heavy atom. The molecule has 1 fully saturated rings. The van der Waals surface area contributed by atoms with Crippen LogP contribution in [0.1, 0.15) is 48.7 Å². The molecule has 2 aromatic heterocycles. The van der Waals surface area contributed by atoms with E-state index in [-0.39, 0.29) is 36.7 Å². The van der Waals surface area contributed by atoms with Crippen LogP contribution in [0.3, 0.4) is 0 Å². The second-order valence-electron chi connectivity index (χ2n) is 6.74. The largest absolute Gasteiger partial charge is 0.491 e. The number of carbonyl (C=O) groups excluding carboxylic acids is 1. The second-order valence-corrected chi connectivity index (χ2v) is 6.74. The third-order valence-corrected chi connectivity index (χ3v) is 4.97. The third-order valence-electron chi connectivity index (χ3n) is 4.97. The van der Waals surface area contributed by atoms with E-state index in [0.717, 1.165) is 0 Å². The van der Waals surface area contributed by atoms with Crippen LogP contribution in [-0.4, -0.2) is 49.1 Å². The number of nitrogen functional groups attached to an aromatic ring is 1. The molecule has 2 aromatic rings. The third kappa shape index (κ3) is 2.98. The zero-order valence-corrected chi connectivity index (χ0v) is 14.9. The normalized spacial score (nSPS) is 21.4. The lowest BCUT2D eigenvalue weighted by molar-refractivity contribution is -0.0969. The molecule has 1 saturated carbocycles. The molecule has 4 rings (SSSR count). The van der Waals surface area contributed by atoms with Gasteiger partial charge in [0.15, 0.2) is 11.6 Å². The molecule has 2 aliphatic rings. The van der Waals surface area contributed by atoms with E-state index in [1.54, 1.807) is 6.20 Å². The first kappa shape index (κ1) is 17.6. The summed E-state index contributed by atoms with van der Waals surface area (Å²) in [6, 6.07) is -1.14. The van der Waals surface area contributed by atoms with Gasteiger partial charge in [-0.15, -0.1) is 0 Å². The number of fused-ring (bicyclic) bond motifs is 1. The first-order valence-electron chi connectivity index (χ1n) is 8.93. The second kappa shape index (κ2) is 6.43. The molecule has 10 heteroatoms. The highest BCUT2D eigenvalue weighted by Gasteiger charge is 2.49. The number of aromatic nitrogens is 4. The molecule has 1 amide bonds. The van der Waals surface area contributed by atoms with Gasteiger partial charge in [-0.05, 0) is 19.8 Å². The van der Waals surface area contributed by atoms with Crippen LogP contribution in [0.4, 0.5) is 14.7 Å². The van der Waals surface area contributed by atoms with Gasteiger partial charge in [-0.3, -0.25) is 4.79 Å². The summed E-state index contributed by atoms with van der Waals surface area (Å²) in [5.74, 6) is -2.79. The van der Waals surface area contributed by atoms with E-state index < -0.39 is 17.9 Å². The first-order chi connectivity index (χ1) is 12.9. The van der Waals surface area contributed by atoms with Crippen molar-refractivity contribution in [3.05, 3.63) is 23.7 Å². The van der Waals surface area contributed by atoms with E-state index >= 15 is 0 Å². The Balaban J connectivity index is 1.73. The van der Waals surface area contributed by atoms with Crippen LogP contribution >= 0.6 is 0 Å². The van der Waals surface area contributed by atoms with Gasteiger partial charge >= 0.3 is 0 Å². The number of halogens is 2. The van der Waals surface area contributed by atoms with Gasteiger partial charge in [0.1, 0.15) is 5.56 Å². The lowest BCUT2D eigenvalue weighted by atomic mass is 9.90. The molecule has 1 atom stereocenters. The van der Waals surface area contributed by atoms with Crippen LogP contribution in [0.2, 0.25) is 0 Å². The molecule has 144 valence electrons. The topological polar surface area (TPSA) is 99.2 Å². The van der Waals surface area contributed by atoms with Crippen LogP contribution in [0, 0.1) is 0 Å². The van der Waals surface area contributed by atoms with Crippen LogP contribution in [0.25, 0.3) is 5.82 Å². The highest BCUT2D eigenvalue weighted by atomic mass is 19.3. The molecular formula is C17H20F2N6O2. The fraction of sp³-hybridized carbons (Fsp3) is 0.529. The standard InChI is InChI=1S/C17H20F2N6O2/c1-2-27-10-7-21-25(8-10)14-13-11(22-16(20)23-14)9-24(15(13)26)12-5-3-4-6-17(12,18)19/h7-8,12H,2-6,9H2,1H3,(H2,20,22,23)/t12-/m0/s1. The van der Waals surface area contributed by atoms with Crippen molar-refractivity contribution in [3.8, 4) is 11.6 Å². The van der Waals surface area contributed by atoms with Crippen LogP contribution in [0.5, 0.6) is 5.75 Å². The van der Waals surface area contributed by atoms with Crippen LogP contribution in [-0.2, 0) is 6.54 Å². The van der Waals surface area contributed by atoms with Crippen LogP contribution in [0.15, 0.2) is 12.4 Å². The number of rotatable bonds is 4. The van der Waals surface area contributed by atoms with E-state index in [9.17, 15) is 13.6 Å². The first-order valence-corrected chi connectivity index (χ1v) is 8.93. The zero-order chi connectivity index (χ0) is 19.2. The molecule has 2 N–H and O–H groups in total. The summed E-state index contributed by atoms with van der Waals surface area (Å²) >= 11 is 0. The Kier molecular flexibility index (Phi) is 4.20. The van der Waals surface area contributed by atoms with Gasteiger partial charge in [-0.2, -0.15) is 10.1 Å². The summed E-state index contributed by atoms with van der Waals surface area (Å²) in [5.41, 5.74) is 6.29. The fourth-order valence-electron chi connectivity index (χ4n) is 3.76. The molecule has 1 aliphatic heterocycles. The summed E-state index contributed by atoms with van der Waals surface area (Å²) in [7, 11) is 0. The highest BCUT2D eigenvalue weighted by molar-refractivity contribution is 6.01. The molecule has 27 heavy (non-hydrogen) atoms. The summed E-state index contributed by atoms with van der Waals surface area (Å²) in [5, 5.41) is 4.15. The minimum Gasteiger partial charge on any atom is -0.491 e. The predicted octanol–water partition coefficient (Wildman–Crippen LogP) is 2.18. The van der Waals surface area contributed by atoms with Crippen molar-refractivity contribution in [2.75, 3.05) is 12.3 Å². The average Bonchev–Trinajstić information content (AvgIpc) is 3.19. The number of nitrogens with zero attached hydrogens (tertiary/aromatic N) is 5. The Labute approximate surface area is 154 Å². The number of alkyl halides is 2. The molecule has 0 bridgehead atoms. The number of hydrogen-bond donors (Lipinski definition) is 1. The molecule has 0 spiro atoms. The van der Waals surface area contributed by atoms with Crippen molar-refractivity contribution in [1.29, 1.82) is 0 Å². The Hall–Kier alpha value is -2.78. The summed E-state index contributed by atoms with van der Waals surface area (Å²) in [4.78, 5) is 22.5. The molecule has 0 aromatic carbocycles. The average molecular weight is 378 g/mol. The van der Waals surface area contributed by atoms with Gasteiger partial charge in [0, 0.05) is 6.42 Å². The number of ether oxygens (including phenoxy) is 1. The van der Waals surface area contributed by atoms with E-state index in [1.165, 1.54) is 15.8 Å². The van der Waals surface area contributed by atoms with Gasteiger partial charge in [-0.1, -0.05) is 6.42 Å². The van der Waals surface area contributed by atoms with Crippen molar-refractivity contribution in [3.63, 3.8) is 0 Å². The quantitative estimate of drug-likeness (QED) is 0.875. The van der Waals surface area contributed by atoms with Gasteiger partial charge in [0.2, 0.25) is 5.95 Å². The number of amides is 1. The van der Waals surface area contributed by atoms with Gasteiger partial charge < -0.3 is 15.4 Å². The van der Waals surface area contributed by atoms with Gasteiger partial charge in [-0.25, -0.2) is 18.4 Å². The Morgan fingerprint density at radius 1 is 1.37 bits per heavy atom. The van der Waals surface area contributed by atoms with Crippen molar-refractivity contribution in [2.45, 2.75) is 51.1 Å². The van der Waals surface area contributed by atoms with Crippen molar-refractivity contribution in [1.82, 2.24) is 24.6 Å². The molecule has 1 aliphatic carbocycles. The molecule has 3 heterocycles. The highest BCUT2D eigenvalue weighted by Crippen LogP contribution is 2.40. The van der Waals surface area contributed by atoms with Gasteiger partial charge in [0.05, 0.1) is 37.3 Å². The maximum Gasteiger partial charge on any atom is 0.268 e. The fourth-order valence-corrected chi connectivity index (χ4v) is 3.76. The van der Waals surface area contributed by atoms with Crippen molar-refractivity contribution < 1.29 is 18.3 Å². The summed E-state index contributed by atoms with van der Waals surface area (Å²) in [6.45, 7) is 2.29. The zero-order valence-electron chi connectivity index (χ0n) is 14.9. The molecular weight excluding hydrogens is 358 g/mol. The lowest BCUT2D eigenvalue weighted by Crippen LogP contribution is -2.49. The maximum atomic E-state index is 14.4. The molecule has 8 nitrogen and oxygen atoms in total. The number of anilines is 1. The lowest BCUT2D eigenvalue weighted by Gasteiger charge is -2.37. The van der Waals surface area contributed by atoms with Crippen molar-refractivity contribution >= 4 is 11.9 Å². The van der Waals surface area contributed by atoms with Crippen molar-refractivity contribution in [2.24, 2.45) is 0 Å². The Morgan fingerprint density at radius 2 is 2.19 bits per heavy atom. The minimum atomic E-state index is -2.91. The predicted molar refractivity (Wildman–Crippen MR) is 91.8 cm³/mol. The Bertz CT molecular complexity index is 884. The van der Waals surface area contributed by atoms with Crippen LogP contribution < -0.4 is 10.5 Å². The minimum absolute atomic E-state index is 0.00622. The molecule has 0 radical (unpaired) electrons. The summed E-state index contributed by atoms with van der Waals surface area (Å²) in [6.07, 6.45) is 4.23. The summed E-state index contributed by atoms with van der Waals surface area (Å²) < 4.78 is 35.6. The number of hydrogen-bond acceptors (Lipinski definition) is 6. The molecule has 0 saturated heterocycles. The van der Waals surface area contributed by atoms with E-state index in [2.05, 4.69) is 15.1 Å². The monoisotopic (exact) mass is 378 g/mol. The van der Waals surface area contributed by atoms with E-state index in [4.69, 9.17) is 10.5 Å².